The number of rotatable bonds is 0. The average molecular weight is 281 g/mol. The smallest absolute Gasteiger partial charge is 0.225 e. The monoisotopic (exact) mass is 280 g/mol. The topological polar surface area (TPSA) is 0 Å². The molecule has 0 heterocycles. The highest BCUT2D eigenvalue weighted by molar-refractivity contribution is 6.43. The Bertz CT molecular complexity index is 449. The first-order chi connectivity index (χ1) is 7.20. The van der Waals surface area contributed by atoms with Crippen LogP contribution in [0.15, 0.2) is 33.4 Å². The lowest BCUT2D eigenvalue weighted by molar-refractivity contribution is 0.00716. The number of fused-ring (bicyclic) bond motifs is 1. The zero-order chi connectivity index (χ0) is 12.5. The van der Waals surface area contributed by atoms with Crippen LogP contribution in [-0.2, 0) is 0 Å². The molecule has 0 aliphatic heterocycles. The lowest BCUT2D eigenvalue weighted by atomic mass is 9.70. The van der Waals surface area contributed by atoms with Crippen molar-refractivity contribution in [3.05, 3.63) is 33.4 Å². The summed E-state index contributed by atoms with van der Waals surface area (Å²) in [7, 11) is 0. The Morgan fingerprint density at radius 3 is 1.19 bits per heavy atom. The summed E-state index contributed by atoms with van der Waals surface area (Å²) in [5, 5.41) is -2.49. The van der Waals surface area contributed by atoms with Crippen LogP contribution < -0.4 is 0 Å². The van der Waals surface area contributed by atoms with Crippen LogP contribution in [0.5, 0.6) is 0 Å². The van der Waals surface area contributed by atoms with E-state index in [4.69, 9.17) is 23.2 Å². The second-order valence-electron chi connectivity index (χ2n) is 3.20. The average Bonchev–Trinajstić information content (AvgIpc) is 2.29. The van der Waals surface area contributed by atoms with Gasteiger partial charge >= 0.3 is 0 Å². The highest BCUT2D eigenvalue weighted by Crippen LogP contribution is 2.66. The van der Waals surface area contributed by atoms with Crippen molar-refractivity contribution in [1.29, 1.82) is 0 Å². The third kappa shape index (κ3) is 0.876. The fraction of sp³-hybridized carbons (Fsp3) is 0.250. The SMILES string of the molecule is FC1=C(F)[C@@]2(F)C(Cl)=C(Cl)[C@@]2(F)C(F)=C1F. The third-order valence-corrected chi connectivity index (χ3v) is 3.45. The highest BCUT2D eigenvalue weighted by atomic mass is 35.5. The van der Waals surface area contributed by atoms with Crippen LogP contribution in [0, 0.1) is 0 Å². The van der Waals surface area contributed by atoms with E-state index in [0.29, 0.717) is 0 Å². The van der Waals surface area contributed by atoms with E-state index in [-0.39, 0.29) is 0 Å². The van der Waals surface area contributed by atoms with E-state index in [1.807, 2.05) is 0 Å². The molecule has 8 heteroatoms. The third-order valence-electron chi connectivity index (χ3n) is 2.46. The molecule has 0 aromatic heterocycles. The summed E-state index contributed by atoms with van der Waals surface area (Å²) >= 11 is 10.1. The van der Waals surface area contributed by atoms with Crippen LogP contribution in [-0.4, -0.2) is 11.3 Å². The Morgan fingerprint density at radius 2 is 0.938 bits per heavy atom. The van der Waals surface area contributed by atoms with Crippen molar-refractivity contribution < 1.29 is 26.3 Å². The highest BCUT2D eigenvalue weighted by Gasteiger charge is 2.76. The Hall–Kier alpha value is -0.620. The summed E-state index contributed by atoms with van der Waals surface area (Å²) in [6.45, 7) is 0. The van der Waals surface area contributed by atoms with E-state index in [1.54, 1.807) is 0 Å². The summed E-state index contributed by atoms with van der Waals surface area (Å²) in [5.74, 6) is -9.86. The first-order valence-electron chi connectivity index (χ1n) is 3.76. The second kappa shape index (κ2) is 2.98. The van der Waals surface area contributed by atoms with Gasteiger partial charge in [-0.3, -0.25) is 0 Å². The van der Waals surface area contributed by atoms with Crippen LogP contribution in [0.25, 0.3) is 0 Å². The predicted molar refractivity (Wildman–Crippen MR) is 44.9 cm³/mol. The van der Waals surface area contributed by atoms with Crippen molar-refractivity contribution in [3.63, 3.8) is 0 Å². The number of hydrogen-bond donors (Lipinski definition) is 0. The Labute approximate surface area is 94.8 Å². The molecule has 16 heavy (non-hydrogen) atoms. The molecular weight excluding hydrogens is 281 g/mol. The van der Waals surface area contributed by atoms with Gasteiger partial charge < -0.3 is 0 Å². The summed E-state index contributed by atoms with van der Waals surface area (Å²) in [4.78, 5) is 0. The van der Waals surface area contributed by atoms with Crippen molar-refractivity contribution in [2.45, 2.75) is 11.3 Å². The van der Waals surface area contributed by atoms with Gasteiger partial charge in [-0.05, 0) is 0 Å². The van der Waals surface area contributed by atoms with Crippen molar-refractivity contribution in [2.75, 3.05) is 0 Å². The minimum atomic E-state index is -3.92. The molecule has 2 atom stereocenters. The van der Waals surface area contributed by atoms with Gasteiger partial charge in [0.05, 0.1) is 10.1 Å². The molecule has 0 radical (unpaired) electrons. The van der Waals surface area contributed by atoms with Gasteiger partial charge in [-0.1, -0.05) is 23.2 Å². The van der Waals surface area contributed by atoms with Crippen LogP contribution in [0.4, 0.5) is 26.3 Å². The predicted octanol–water partition coefficient (Wildman–Crippen LogP) is 4.42. The van der Waals surface area contributed by atoms with Gasteiger partial charge in [-0.2, -0.15) is 0 Å². The molecule has 0 aromatic carbocycles. The van der Waals surface area contributed by atoms with E-state index in [9.17, 15) is 26.3 Å². The Kier molecular flexibility index (Phi) is 2.21. The van der Waals surface area contributed by atoms with Crippen molar-refractivity contribution in [1.82, 2.24) is 0 Å². The summed E-state index contributed by atoms with van der Waals surface area (Å²) in [6, 6.07) is 0. The standard InChI is InChI=1S/C8Cl2F6/c9-3-4(10)8(16)6(14)2(12)1(11)5(13)7(3,8)15/t7-,8+. The van der Waals surface area contributed by atoms with Gasteiger partial charge in [0.2, 0.25) is 11.3 Å². The molecule has 0 N–H and O–H groups in total. The van der Waals surface area contributed by atoms with Crippen LogP contribution in [0.1, 0.15) is 0 Å². The van der Waals surface area contributed by atoms with E-state index in [0.717, 1.165) is 0 Å². The molecule has 2 rings (SSSR count). The molecule has 0 unspecified atom stereocenters. The van der Waals surface area contributed by atoms with Gasteiger partial charge in [0.1, 0.15) is 0 Å². The van der Waals surface area contributed by atoms with Crippen molar-refractivity contribution in [3.8, 4) is 0 Å². The van der Waals surface area contributed by atoms with E-state index >= 15 is 0 Å². The fourth-order valence-corrected chi connectivity index (χ4v) is 2.22. The number of allylic oxidation sites excluding steroid dienone is 6. The molecule has 0 amide bonds. The zero-order valence-corrected chi connectivity index (χ0v) is 8.54. The van der Waals surface area contributed by atoms with E-state index in [1.165, 1.54) is 0 Å². The first-order valence-corrected chi connectivity index (χ1v) is 4.52. The molecular formula is C8Cl2F6. The lowest BCUT2D eigenvalue weighted by Crippen LogP contribution is -2.59. The van der Waals surface area contributed by atoms with Gasteiger partial charge in [0, 0.05) is 0 Å². The summed E-state index contributed by atoms with van der Waals surface area (Å²) in [5.41, 5.74) is -7.84. The van der Waals surface area contributed by atoms with Crippen LogP contribution in [0.2, 0.25) is 0 Å². The molecule has 2 aliphatic carbocycles. The molecule has 0 spiro atoms. The molecule has 0 nitrogen and oxygen atoms in total. The zero-order valence-electron chi connectivity index (χ0n) is 7.02. The van der Waals surface area contributed by atoms with Crippen molar-refractivity contribution in [2.24, 2.45) is 0 Å². The molecule has 2 aliphatic rings. The minimum absolute atomic E-state index is 1.24. The normalized spacial score (nSPS) is 39.0. The Balaban J connectivity index is 2.82. The fourth-order valence-electron chi connectivity index (χ4n) is 1.53. The minimum Gasteiger partial charge on any atom is -0.225 e. The Morgan fingerprint density at radius 1 is 0.688 bits per heavy atom. The molecule has 88 valence electrons. The molecule has 0 bridgehead atoms. The van der Waals surface area contributed by atoms with Gasteiger partial charge in [0.15, 0.2) is 23.3 Å². The van der Waals surface area contributed by atoms with E-state index in [2.05, 4.69) is 0 Å². The maximum Gasteiger partial charge on any atom is 0.247 e. The van der Waals surface area contributed by atoms with Crippen molar-refractivity contribution >= 4 is 23.2 Å². The van der Waals surface area contributed by atoms with Gasteiger partial charge in [-0.25, -0.2) is 26.3 Å². The number of alkyl halides is 2. The molecule has 0 saturated carbocycles. The largest absolute Gasteiger partial charge is 0.247 e. The molecule has 0 fully saturated rings. The summed E-state index contributed by atoms with van der Waals surface area (Å²) < 4.78 is 78.8. The number of hydrogen-bond acceptors (Lipinski definition) is 0. The molecule has 0 saturated heterocycles. The lowest BCUT2D eigenvalue weighted by Gasteiger charge is -2.46. The van der Waals surface area contributed by atoms with Crippen LogP contribution >= 0.6 is 23.2 Å². The second-order valence-corrected chi connectivity index (χ2v) is 3.96. The number of halogens is 8. The van der Waals surface area contributed by atoms with E-state index < -0.39 is 44.7 Å². The quantitative estimate of drug-likeness (QED) is 0.576. The van der Waals surface area contributed by atoms with Gasteiger partial charge in [0.25, 0.3) is 0 Å². The molecule has 0 aromatic rings. The maximum atomic E-state index is 13.7. The maximum absolute atomic E-state index is 13.7. The first kappa shape index (κ1) is 11.9. The van der Waals surface area contributed by atoms with Crippen LogP contribution in [0.3, 0.4) is 0 Å². The summed E-state index contributed by atoms with van der Waals surface area (Å²) in [6.07, 6.45) is 0. The van der Waals surface area contributed by atoms with Gasteiger partial charge in [-0.15, -0.1) is 0 Å².